The van der Waals surface area contributed by atoms with Crippen molar-refractivity contribution in [3.8, 4) is 11.5 Å². The summed E-state index contributed by atoms with van der Waals surface area (Å²) >= 11 is 11.2. The van der Waals surface area contributed by atoms with Crippen molar-refractivity contribution in [3.63, 3.8) is 0 Å². The van der Waals surface area contributed by atoms with Crippen molar-refractivity contribution in [3.05, 3.63) is 64.3 Å². The summed E-state index contributed by atoms with van der Waals surface area (Å²) < 4.78 is 10.7. The van der Waals surface area contributed by atoms with E-state index in [9.17, 15) is 4.79 Å². The Bertz CT molecular complexity index is 944. The first-order valence-corrected chi connectivity index (χ1v) is 9.28. The van der Waals surface area contributed by atoms with E-state index < -0.39 is 6.04 Å². The number of carbonyl (C=O) groups excluding carboxylic acids is 1. The molecule has 2 aromatic carbocycles. The molecule has 0 bridgehead atoms. The van der Waals surface area contributed by atoms with E-state index in [0.717, 1.165) is 5.56 Å². The Kier molecular flexibility index (Phi) is 6.06. The molecule has 3 N–H and O–H groups in total. The average molecular weight is 418 g/mol. The van der Waals surface area contributed by atoms with Crippen LogP contribution in [0.5, 0.6) is 11.5 Å². The number of anilines is 1. The molecule has 1 aliphatic rings. The maximum Gasteiger partial charge on any atom is 0.255 e. The van der Waals surface area contributed by atoms with Crippen LogP contribution in [0.3, 0.4) is 0 Å². The van der Waals surface area contributed by atoms with Crippen LogP contribution in [-0.2, 0) is 4.79 Å². The first-order chi connectivity index (χ1) is 13.4. The number of rotatable bonds is 5. The quantitative estimate of drug-likeness (QED) is 0.643. The van der Waals surface area contributed by atoms with Gasteiger partial charge in [0.25, 0.3) is 5.91 Å². The average Bonchev–Trinajstić information content (AvgIpc) is 2.68. The molecule has 6 nitrogen and oxygen atoms in total. The van der Waals surface area contributed by atoms with Crippen molar-refractivity contribution in [2.45, 2.75) is 13.0 Å². The predicted molar refractivity (Wildman–Crippen MR) is 114 cm³/mol. The molecule has 0 radical (unpaired) electrons. The second kappa shape index (κ2) is 8.50. The molecule has 146 valence electrons. The number of thiocarbonyl (C=S) groups is 1. The molecule has 28 heavy (non-hydrogen) atoms. The van der Waals surface area contributed by atoms with Crippen LogP contribution in [0.15, 0.2) is 53.7 Å². The third kappa shape index (κ3) is 4.21. The lowest BCUT2D eigenvalue weighted by Gasteiger charge is -2.30. The van der Waals surface area contributed by atoms with Gasteiger partial charge in [-0.25, -0.2) is 0 Å². The van der Waals surface area contributed by atoms with Crippen LogP contribution in [0.2, 0.25) is 5.02 Å². The fourth-order valence-corrected chi connectivity index (χ4v) is 3.41. The highest BCUT2D eigenvalue weighted by Crippen LogP contribution is 2.34. The van der Waals surface area contributed by atoms with Gasteiger partial charge in [0.2, 0.25) is 0 Å². The van der Waals surface area contributed by atoms with Crippen molar-refractivity contribution in [2.24, 2.45) is 0 Å². The Labute approximate surface area is 173 Å². The van der Waals surface area contributed by atoms with Crippen molar-refractivity contribution >= 4 is 40.5 Å². The molecule has 0 unspecified atom stereocenters. The molecule has 0 fully saturated rings. The topological polar surface area (TPSA) is 71.6 Å². The zero-order chi connectivity index (χ0) is 20.3. The zero-order valence-electron chi connectivity index (χ0n) is 15.6. The lowest BCUT2D eigenvalue weighted by Crippen LogP contribution is -2.45. The molecular weight excluding hydrogens is 398 g/mol. The highest BCUT2D eigenvalue weighted by atomic mass is 35.5. The van der Waals surface area contributed by atoms with Gasteiger partial charge in [0.05, 0.1) is 25.8 Å². The fraction of sp³-hybridized carbons (Fsp3) is 0.200. The summed E-state index contributed by atoms with van der Waals surface area (Å²) in [6.07, 6.45) is 0. The predicted octanol–water partition coefficient (Wildman–Crippen LogP) is 3.79. The molecule has 1 amide bonds. The third-order valence-corrected chi connectivity index (χ3v) is 4.83. The Morgan fingerprint density at radius 3 is 2.43 bits per heavy atom. The zero-order valence-corrected chi connectivity index (χ0v) is 17.2. The number of methoxy groups -OCH3 is 2. The van der Waals surface area contributed by atoms with Crippen LogP contribution in [-0.4, -0.2) is 25.2 Å². The summed E-state index contributed by atoms with van der Waals surface area (Å²) in [6.45, 7) is 1.82. The lowest BCUT2D eigenvalue weighted by atomic mass is 9.94. The van der Waals surface area contributed by atoms with Crippen molar-refractivity contribution < 1.29 is 14.3 Å². The molecule has 1 atom stereocenters. The normalized spacial score (nSPS) is 16.1. The highest BCUT2D eigenvalue weighted by molar-refractivity contribution is 7.80. The van der Waals surface area contributed by atoms with Crippen LogP contribution in [0.4, 0.5) is 5.69 Å². The van der Waals surface area contributed by atoms with Crippen LogP contribution in [0.25, 0.3) is 0 Å². The third-order valence-electron chi connectivity index (χ3n) is 4.36. The molecule has 2 aromatic rings. The number of carbonyl (C=O) groups is 1. The highest BCUT2D eigenvalue weighted by Gasteiger charge is 2.30. The van der Waals surface area contributed by atoms with Gasteiger partial charge < -0.3 is 25.4 Å². The summed E-state index contributed by atoms with van der Waals surface area (Å²) in [5.41, 5.74) is 2.67. The van der Waals surface area contributed by atoms with Gasteiger partial charge in [-0.3, -0.25) is 4.79 Å². The van der Waals surface area contributed by atoms with E-state index in [-0.39, 0.29) is 5.91 Å². The van der Waals surface area contributed by atoms with Crippen LogP contribution < -0.4 is 25.4 Å². The van der Waals surface area contributed by atoms with Crippen LogP contribution >= 0.6 is 23.8 Å². The van der Waals surface area contributed by atoms with Crippen molar-refractivity contribution in [2.75, 3.05) is 19.5 Å². The van der Waals surface area contributed by atoms with Gasteiger partial charge in [-0.15, -0.1) is 0 Å². The summed E-state index contributed by atoms with van der Waals surface area (Å²) in [4.78, 5) is 13.0. The van der Waals surface area contributed by atoms with Gasteiger partial charge >= 0.3 is 0 Å². The van der Waals surface area contributed by atoms with Crippen LogP contribution in [0.1, 0.15) is 18.5 Å². The van der Waals surface area contributed by atoms with Gasteiger partial charge in [-0.1, -0.05) is 17.7 Å². The van der Waals surface area contributed by atoms with Crippen molar-refractivity contribution in [1.82, 2.24) is 10.6 Å². The molecule has 8 heteroatoms. The van der Waals surface area contributed by atoms with Gasteiger partial charge in [0.15, 0.2) is 16.6 Å². The maximum absolute atomic E-state index is 13.0. The van der Waals surface area contributed by atoms with Gasteiger partial charge in [-0.2, -0.15) is 0 Å². The molecule has 0 aliphatic carbocycles. The number of benzene rings is 2. The van der Waals surface area contributed by atoms with Gasteiger partial charge in [-0.05, 0) is 61.1 Å². The monoisotopic (exact) mass is 417 g/mol. The number of halogens is 1. The molecule has 0 aromatic heterocycles. The number of amides is 1. The Balaban J connectivity index is 1.96. The smallest absolute Gasteiger partial charge is 0.255 e. The van der Waals surface area contributed by atoms with E-state index in [1.807, 2.05) is 19.1 Å². The minimum atomic E-state index is -0.444. The number of nitrogens with one attached hydrogen (secondary N) is 3. The van der Waals surface area contributed by atoms with Gasteiger partial charge in [0, 0.05) is 16.4 Å². The Hall–Kier alpha value is -2.77. The maximum atomic E-state index is 13.0. The minimum absolute atomic E-state index is 0.248. The second-order valence-corrected chi connectivity index (χ2v) is 6.99. The number of hydrogen-bond acceptors (Lipinski definition) is 4. The van der Waals surface area contributed by atoms with E-state index >= 15 is 0 Å². The first kappa shape index (κ1) is 20.0. The molecule has 1 aliphatic heterocycles. The number of allylic oxidation sites excluding steroid dienone is 1. The van der Waals surface area contributed by atoms with E-state index in [4.69, 9.17) is 33.3 Å². The molecule has 0 saturated carbocycles. The summed E-state index contributed by atoms with van der Waals surface area (Å²) in [7, 11) is 3.14. The van der Waals surface area contributed by atoms with E-state index in [1.54, 1.807) is 44.6 Å². The summed E-state index contributed by atoms with van der Waals surface area (Å²) in [6, 6.07) is 12.0. The Morgan fingerprint density at radius 2 is 1.79 bits per heavy atom. The van der Waals surface area contributed by atoms with E-state index in [0.29, 0.717) is 38.6 Å². The molecular formula is C20H20ClN3O3S. The lowest BCUT2D eigenvalue weighted by molar-refractivity contribution is -0.113. The van der Waals surface area contributed by atoms with E-state index in [1.165, 1.54) is 0 Å². The molecule has 0 saturated heterocycles. The summed E-state index contributed by atoms with van der Waals surface area (Å²) in [5, 5.41) is 10.1. The SMILES string of the molecule is COc1ccc([C@H]2NC(=S)NC(C)=C2C(=O)Nc2ccc(Cl)cc2)cc1OC. The fourth-order valence-electron chi connectivity index (χ4n) is 3.01. The van der Waals surface area contributed by atoms with Gasteiger partial charge in [0.1, 0.15) is 0 Å². The summed E-state index contributed by atoms with van der Waals surface area (Å²) in [5.74, 6) is 0.930. The molecule has 0 spiro atoms. The van der Waals surface area contributed by atoms with Crippen LogP contribution in [0, 0.1) is 0 Å². The first-order valence-electron chi connectivity index (χ1n) is 8.50. The number of hydrogen-bond donors (Lipinski definition) is 3. The molecule has 3 rings (SSSR count). The second-order valence-electron chi connectivity index (χ2n) is 6.15. The van der Waals surface area contributed by atoms with Crippen molar-refractivity contribution in [1.29, 1.82) is 0 Å². The standard InChI is InChI=1S/C20H20ClN3O3S/c1-11-17(19(25)23-14-7-5-13(21)6-8-14)18(24-20(28)22-11)12-4-9-15(26-2)16(10-12)27-3/h4-10,18H,1-3H3,(H,23,25)(H2,22,24,28)/t18-/m1/s1. The Morgan fingerprint density at radius 1 is 1.11 bits per heavy atom. The minimum Gasteiger partial charge on any atom is -0.493 e. The van der Waals surface area contributed by atoms with E-state index in [2.05, 4.69) is 16.0 Å². The molecule has 1 heterocycles. The largest absolute Gasteiger partial charge is 0.493 e. The number of ether oxygens (including phenoxy) is 2.